The van der Waals surface area contributed by atoms with Crippen LogP contribution in [0, 0.1) is 5.92 Å². The number of carbonyl (C=O) groups is 1. The number of likely N-dealkylation sites (N-methyl/N-ethyl adjacent to an activating group) is 1. The van der Waals surface area contributed by atoms with E-state index in [1.54, 1.807) is 0 Å². The van der Waals surface area contributed by atoms with Crippen molar-refractivity contribution in [1.29, 1.82) is 0 Å². The molecular weight excluding hydrogens is 204 g/mol. The Morgan fingerprint density at radius 1 is 1.56 bits per heavy atom. The summed E-state index contributed by atoms with van der Waals surface area (Å²) in [6.45, 7) is 11.3. The smallest absolute Gasteiger partial charge is 0.242 e. The van der Waals surface area contributed by atoms with Crippen LogP contribution in [0.1, 0.15) is 27.7 Å². The zero-order chi connectivity index (χ0) is 12.1. The van der Waals surface area contributed by atoms with E-state index in [0.29, 0.717) is 12.5 Å². The Bertz CT molecular complexity index is 231. The van der Waals surface area contributed by atoms with Gasteiger partial charge < -0.3 is 15.0 Å². The minimum atomic E-state index is -0.174. The van der Waals surface area contributed by atoms with E-state index in [4.69, 9.17) is 4.74 Å². The molecule has 1 rings (SSSR count). The zero-order valence-corrected chi connectivity index (χ0v) is 10.8. The predicted molar refractivity (Wildman–Crippen MR) is 64.3 cm³/mol. The van der Waals surface area contributed by atoms with E-state index in [1.165, 1.54) is 0 Å². The van der Waals surface area contributed by atoms with E-state index in [-0.39, 0.29) is 18.1 Å². The number of hydrogen-bond donors (Lipinski definition) is 1. The van der Waals surface area contributed by atoms with E-state index in [0.717, 1.165) is 19.6 Å². The van der Waals surface area contributed by atoms with Crippen LogP contribution in [0.3, 0.4) is 0 Å². The van der Waals surface area contributed by atoms with E-state index >= 15 is 0 Å². The molecule has 1 aliphatic rings. The number of carbonyl (C=O) groups excluding carboxylic acids is 1. The summed E-state index contributed by atoms with van der Waals surface area (Å²) in [5.74, 6) is 0.673. The van der Waals surface area contributed by atoms with E-state index in [1.807, 2.05) is 18.7 Å². The van der Waals surface area contributed by atoms with Crippen molar-refractivity contribution in [3.63, 3.8) is 0 Å². The Hall–Kier alpha value is -0.610. The number of nitrogens with one attached hydrogen (secondary N) is 1. The van der Waals surface area contributed by atoms with Crippen LogP contribution in [-0.2, 0) is 9.53 Å². The first-order valence-electron chi connectivity index (χ1n) is 6.20. The molecular formula is C12H24N2O2. The van der Waals surface area contributed by atoms with Gasteiger partial charge >= 0.3 is 0 Å². The predicted octanol–water partition coefficient (Wildman–Crippen LogP) is 0.868. The standard InChI is InChI=1S/C12H24N2O2/c1-5-14(8-9(2)3)12(15)11-10(4)16-7-6-13-11/h9-11,13H,5-8H2,1-4H3/t10-,11+/m1/s1. The molecule has 0 aromatic heterocycles. The molecule has 0 saturated carbocycles. The fraction of sp³-hybridized carbons (Fsp3) is 0.917. The molecule has 16 heavy (non-hydrogen) atoms. The average molecular weight is 228 g/mol. The molecule has 4 heteroatoms. The Balaban J connectivity index is 2.58. The second kappa shape index (κ2) is 6.21. The Morgan fingerprint density at radius 3 is 2.75 bits per heavy atom. The first kappa shape index (κ1) is 13.5. The summed E-state index contributed by atoms with van der Waals surface area (Å²) >= 11 is 0. The molecule has 1 amide bonds. The van der Waals surface area contributed by atoms with Crippen molar-refractivity contribution in [2.24, 2.45) is 5.92 Å². The van der Waals surface area contributed by atoms with Gasteiger partial charge in [0.2, 0.25) is 5.91 Å². The van der Waals surface area contributed by atoms with Gasteiger partial charge in [-0.05, 0) is 19.8 Å². The topological polar surface area (TPSA) is 41.6 Å². The van der Waals surface area contributed by atoms with Crippen LogP contribution < -0.4 is 5.32 Å². The summed E-state index contributed by atoms with van der Waals surface area (Å²) in [7, 11) is 0. The summed E-state index contributed by atoms with van der Waals surface area (Å²) in [6.07, 6.45) is -0.0255. The van der Waals surface area contributed by atoms with Crippen molar-refractivity contribution in [1.82, 2.24) is 10.2 Å². The second-order valence-electron chi connectivity index (χ2n) is 4.78. The molecule has 1 heterocycles. The molecule has 0 spiro atoms. The highest BCUT2D eigenvalue weighted by Gasteiger charge is 2.31. The van der Waals surface area contributed by atoms with Crippen LogP contribution in [0.25, 0.3) is 0 Å². The molecule has 94 valence electrons. The SMILES string of the molecule is CCN(CC(C)C)C(=O)[C@H]1NCCO[C@@H]1C. The van der Waals surface area contributed by atoms with Crippen molar-refractivity contribution >= 4 is 5.91 Å². The maximum Gasteiger partial charge on any atom is 0.242 e. The summed E-state index contributed by atoms with van der Waals surface area (Å²) in [5, 5.41) is 3.24. The van der Waals surface area contributed by atoms with Crippen LogP contribution in [0.5, 0.6) is 0 Å². The molecule has 0 unspecified atom stereocenters. The van der Waals surface area contributed by atoms with Gasteiger partial charge in [0.15, 0.2) is 0 Å². The Morgan fingerprint density at radius 2 is 2.25 bits per heavy atom. The molecule has 2 atom stereocenters. The molecule has 4 nitrogen and oxygen atoms in total. The lowest BCUT2D eigenvalue weighted by molar-refractivity contribution is -0.139. The quantitative estimate of drug-likeness (QED) is 0.776. The lowest BCUT2D eigenvalue weighted by Gasteiger charge is -2.34. The molecule has 1 fully saturated rings. The van der Waals surface area contributed by atoms with Gasteiger partial charge in [-0.15, -0.1) is 0 Å². The van der Waals surface area contributed by atoms with Gasteiger partial charge in [0.1, 0.15) is 6.04 Å². The molecule has 0 aromatic rings. The molecule has 0 aromatic carbocycles. The largest absolute Gasteiger partial charge is 0.375 e. The summed E-state index contributed by atoms with van der Waals surface area (Å²) in [4.78, 5) is 14.2. The summed E-state index contributed by atoms with van der Waals surface area (Å²) in [5.41, 5.74) is 0. The number of nitrogens with zero attached hydrogens (tertiary/aromatic N) is 1. The molecule has 1 saturated heterocycles. The van der Waals surface area contributed by atoms with Crippen molar-refractivity contribution in [3.05, 3.63) is 0 Å². The second-order valence-corrected chi connectivity index (χ2v) is 4.78. The Kier molecular flexibility index (Phi) is 5.22. The van der Waals surface area contributed by atoms with Crippen LogP contribution in [0.2, 0.25) is 0 Å². The van der Waals surface area contributed by atoms with E-state index in [2.05, 4.69) is 19.2 Å². The lowest BCUT2D eigenvalue weighted by atomic mass is 10.1. The molecule has 0 bridgehead atoms. The van der Waals surface area contributed by atoms with Gasteiger partial charge in [0, 0.05) is 19.6 Å². The maximum absolute atomic E-state index is 12.3. The van der Waals surface area contributed by atoms with Crippen LogP contribution in [-0.4, -0.2) is 49.2 Å². The minimum Gasteiger partial charge on any atom is -0.375 e. The third-order valence-corrected chi connectivity index (χ3v) is 2.86. The minimum absolute atomic E-state index is 0.0255. The van der Waals surface area contributed by atoms with Crippen LogP contribution >= 0.6 is 0 Å². The highest BCUT2D eigenvalue weighted by Crippen LogP contribution is 2.09. The number of ether oxygens (including phenoxy) is 1. The first-order valence-corrected chi connectivity index (χ1v) is 6.20. The molecule has 1 N–H and O–H groups in total. The van der Waals surface area contributed by atoms with E-state index < -0.39 is 0 Å². The number of rotatable bonds is 4. The van der Waals surface area contributed by atoms with Crippen molar-refractivity contribution < 1.29 is 9.53 Å². The molecule has 0 aliphatic carbocycles. The van der Waals surface area contributed by atoms with Gasteiger partial charge in [-0.3, -0.25) is 4.79 Å². The van der Waals surface area contributed by atoms with E-state index in [9.17, 15) is 4.79 Å². The fourth-order valence-electron chi connectivity index (χ4n) is 2.02. The maximum atomic E-state index is 12.3. The molecule has 0 radical (unpaired) electrons. The third-order valence-electron chi connectivity index (χ3n) is 2.86. The monoisotopic (exact) mass is 228 g/mol. The number of hydrogen-bond acceptors (Lipinski definition) is 3. The fourth-order valence-corrected chi connectivity index (χ4v) is 2.02. The third kappa shape index (κ3) is 3.46. The van der Waals surface area contributed by atoms with Crippen molar-refractivity contribution in [2.75, 3.05) is 26.2 Å². The van der Waals surface area contributed by atoms with Gasteiger partial charge in [0.25, 0.3) is 0 Å². The summed E-state index contributed by atoms with van der Waals surface area (Å²) in [6, 6.07) is -0.174. The number of amides is 1. The van der Waals surface area contributed by atoms with Crippen molar-refractivity contribution in [2.45, 2.75) is 39.8 Å². The highest BCUT2D eigenvalue weighted by atomic mass is 16.5. The van der Waals surface area contributed by atoms with Gasteiger partial charge in [-0.1, -0.05) is 13.8 Å². The Labute approximate surface area is 98.3 Å². The normalized spacial score (nSPS) is 25.8. The zero-order valence-electron chi connectivity index (χ0n) is 10.8. The van der Waals surface area contributed by atoms with Crippen LogP contribution in [0.15, 0.2) is 0 Å². The van der Waals surface area contributed by atoms with Gasteiger partial charge in [0.05, 0.1) is 12.7 Å². The lowest BCUT2D eigenvalue weighted by Crippen LogP contribution is -2.56. The average Bonchev–Trinajstić information content (AvgIpc) is 2.25. The summed E-state index contributed by atoms with van der Waals surface area (Å²) < 4.78 is 5.50. The molecule has 1 aliphatic heterocycles. The first-order chi connectivity index (χ1) is 7.56. The van der Waals surface area contributed by atoms with Gasteiger partial charge in [-0.2, -0.15) is 0 Å². The van der Waals surface area contributed by atoms with Crippen molar-refractivity contribution in [3.8, 4) is 0 Å². The highest BCUT2D eigenvalue weighted by molar-refractivity contribution is 5.82. The number of morpholine rings is 1. The van der Waals surface area contributed by atoms with Gasteiger partial charge in [-0.25, -0.2) is 0 Å². The van der Waals surface area contributed by atoms with Crippen LogP contribution in [0.4, 0.5) is 0 Å².